The molecule has 0 aliphatic heterocycles. The molecule has 0 fully saturated rings. The lowest BCUT2D eigenvalue weighted by atomic mass is 10.6. The summed E-state index contributed by atoms with van der Waals surface area (Å²) in [4.78, 5) is 0. The number of ether oxygens (including phenoxy) is 2. The van der Waals surface area contributed by atoms with Crippen molar-refractivity contribution in [3.05, 3.63) is 11.8 Å². The van der Waals surface area contributed by atoms with Crippen LogP contribution in [-0.2, 0) is 9.47 Å². The maximum absolute atomic E-state index is 5.52. The zero-order valence-electron chi connectivity index (χ0n) is 10.6. The Hall–Kier alpha value is -0.163. The average Bonchev–Trinajstić information content (AvgIpc) is 2.25. The molecule has 0 aliphatic carbocycles. The second kappa shape index (κ2) is 9.09. The fraction of sp³-hybridized carbons (Fsp3) is 0.818. The van der Waals surface area contributed by atoms with Crippen LogP contribution in [0.2, 0.25) is 0 Å². The van der Waals surface area contributed by atoms with Crippen molar-refractivity contribution in [2.45, 2.75) is 34.0 Å². The van der Waals surface area contributed by atoms with E-state index in [1.54, 1.807) is 0 Å². The molecule has 0 aliphatic rings. The molecule has 0 atom stereocenters. The molecule has 0 N–H and O–H groups in total. The summed E-state index contributed by atoms with van der Waals surface area (Å²) in [5.74, 6) is 0. The summed E-state index contributed by atoms with van der Waals surface area (Å²) in [6.45, 7) is 16.0. The zero-order chi connectivity index (χ0) is 11.7. The van der Waals surface area contributed by atoms with E-state index >= 15 is 0 Å². The highest BCUT2D eigenvalue weighted by atomic mass is 28.2. The summed E-state index contributed by atoms with van der Waals surface area (Å²) >= 11 is 0. The van der Waals surface area contributed by atoms with Crippen LogP contribution in [0.15, 0.2) is 11.8 Å². The van der Waals surface area contributed by atoms with E-state index in [4.69, 9.17) is 9.47 Å². The highest BCUT2D eigenvalue weighted by molar-refractivity contribution is 6.42. The van der Waals surface area contributed by atoms with Gasteiger partial charge in [-0.1, -0.05) is 20.4 Å². The Bertz CT molecular complexity index is 166. The molecule has 0 unspecified atom stereocenters. The Balaban J connectivity index is 4.10. The largest absolute Gasteiger partial charge is 0.349 e. The van der Waals surface area contributed by atoms with Crippen LogP contribution in [0, 0.1) is 0 Å². The van der Waals surface area contributed by atoms with Gasteiger partial charge in [0.2, 0.25) is 0 Å². The summed E-state index contributed by atoms with van der Waals surface area (Å²) in [6.07, 6.45) is -0.188. The van der Waals surface area contributed by atoms with Crippen molar-refractivity contribution in [3.63, 3.8) is 0 Å². The van der Waals surface area contributed by atoms with E-state index in [2.05, 4.69) is 25.0 Å². The molecule has 0 aromatic rings. The van der Waals surface area contributed by atoms with Gasteiger partial charge in [0, 0.05) is 13.2 Å². The summed E-state index contributed by atoms with van der Waals surface area (Å²) in [7, 11) is -0.450. The zero-order valence-corrected chi connectivity index (χ0v) is 12.0. The maximum Gasteiger partial charge on any atom is 0.176 e. The minimum absolute atomic E-state index is 0.188. The second-order valence-corrected chi connectivity index (χ2v) is 5.48. The predicted molar refractivity (Wildman–Crippen MR) is 67.6 cm³/mol. The normalized spacial score (nSPS) is 12.1. The van der Waals surface area contributed by atoms with Gasteiger partial charge in [0.1, 0.15) is 9.68 Å². The van der Waals surface area contributed by atoms with Crippen LogP contribution in [0.5, 0.6) is 0 Å². The first-order chi connectivity index (χ1) is 7.19. The summed E-state index contributed by atoms with van der Waals surface area (Å²) in [5.41, 5.74) is 0. The van der Waals surface area contributed by atoms with Crippen LogP contribution >= 0.6 is 0 Å². The Morgan fingerprint density at radius 1 is 1.13 bits per heavy atom. The van der Waals surface area contributed by atoms with Gasteiger partial charge in [-0.05, 0) is 32.1 Å². The third kappa shape index (κ3) is 6.09. The van der Waals surface area contributed by atoms with E-state index in [1.165, 1.54) is 0 Å². The van der Waals surface area contributed by atoms with E-state index in [-0.39, 0.29) is 6.29 Å². The van der Waals surface area contributed by atoms with Gasteiger partial charge in [-0.25, -0.2) is 0 Å². The van der Waals surface area contributed by atoms with Crippen molar-refractivity contribution in [1.29, 1.82) is 0 Å². The standard InChI is InChI=1S/C11H25NO2Si/c1-6-12(7-2)15-10(5)11(13-8-3)14-9-4/h11H,5-9,15H2,1-4H3. The highest BCUT2D eigenvalue weighted by Gasteiger charge is 2.14. The fourth-order valence-electron chi connectivity index (χ4n) is 1.40. The Kier molecular flexibility index (Phi) is 8.99. The lowest BCUT2D eigenvalue weighted by Gasteiger charge is -2.24. The molecule has 0 heterocycles. The average molecular weight is 231 g/mol. The molecule has 0 amide bonds. The molecule has 0 radical (unpaired) electrons. The lowest BCUT2D eigenvalue weighted by Crippen LogP contribution is -2.34. The Morgan fingerprint density at radius 3 is 1.93 bits per heavy atom. The predicted octanol–water partition coefficient (Wildman–Crippen LogP) is 1.32. The third-order valence-corrected chi connectivity index (χ3v) is 4.37. The molecule has 0 aromatic carbocycles. The number of hydrogen-bond donors (Lipinski definition) is 0. The van der Waals surface area contributed by atoms with Crippen molar-refractivity contribution in [3.8, 4) is 0 Å². The first-order valence-corrected chi connectivity index (χ1v) is 7.16. The van der Waals surface area contributed by atoms with Crippen molar-refractivity contribution >= 4 is 9.68 Å². The van der Waals surface area contributed by atoms with Crippen LogP contribution < -0.4 is 0 Å². The summed E-state index contributed by atoms with van der Waals surface area (Å²) in [5, 5.41) is 1.14. The number of hydrogen-bond acceptors (Lipinski definition) is 3. The lowest BCUT2D eigenvalue weighted by molar-refractivity contribution is -0.107. The molecule has 90 valence electrons. The van der Waals surface area contributed by atoms with Crippen LogP contribution in [0.25, 0.3) is 0 Å². The molecule has 4 heteroatoms. The van der Waals surface area contributed by atoms with Gasteiger partial charge in [0.25, 0.3) is 0 Å². The minimum Gasteiger partial charge on any atom is -0.349 e. The summed E-state index contributed by atoms with van der Waals surface area (Å²) in [6, 6.07) is 0. The molecule has 15 heavy (non-hydrogen) atoms. The Labute approximate surface area is 96.3 Å². The van der Waals surface area contributed by atoms with Crippen molar-refractivity contribution < 1.29 is 9.47 Å². The number of nitrogens with zero attached hydrogens (tertiary/aromatic N) is 1. The van der Waals surface area contributed by atoms with Crippen LogP contribution in [-0.4, -0.2) is 46.8 Å². The molecule has 0 spiro atoms. The molecule has 3 nitrogen and oxygen atoms in total. The molecular formula is C11H25NO2Si. The molecule has 0 aromatic heterocycles. The van der Waals surface area contributed by atoms with E-state index in [0.29, 0.717) is 13.2 Å². The van der Waals surface area contributed by atoms with Crippen molar-refractivity contribution in [2.75, 3.05) is 26.3 Å². The maximum atomic E-state index is 5.52. The fourth-order valence-corrected chi connectivity index (χ4v) is 2.80. The topological polar surface area (TPSA) is 21.7 Å². The smallest absolute Gasteiger partial charge is 0.176 e. The quantitative estimate of drug-likeness (QED) is 0.441. The van der Waals surface area contributed by atoms with Crippen LogP contribution in [0.1, 0.15) is 27.7 Å². The first kappa shape index (κ1) is 14.8. The SMILES string of the molecule is C=C([SiH2]N(CC)CC)C(OCC)OCC. The molecule has 0 rings (SSSR count). The third-order valence-electron chi connectivity index (χ3n) is 2.29. The van der Waals surface area contributed by atoms with Gasteiger partial charge in [0.05, 0.1) is 0 Å². The van der Waals surface area contributed by atoms with E-state index in [1.807, 2.05) is 13.8 Å². The van der Waals surface area contributed by atoms with Gasteiger partial charge in [-0.2, -0.15) is 0 Å². The van der Waals surface area contributed by atoms with Gasteiger partial charge < -0.3 is 14.0 Å². The van der Waals surface area contributed by atoms with Crippen molar-refractivity contribution in [1.82, 2.24) is 4.57 Å². The molecule has 0 bridgehead atoms. The van der Waals surface area contributed by atoms with Crippen molar-refractivity contribution in [2.24, 2.45) is 0 Å². The van der Waals surface area contributed by atoms with E-state index in [0.717, 1.165) is 18.3 Å². The van der Waals surface area contributed by atoms with Crippen LogP contribution in [0.3, 0.4) is 0 Å². The number of rotatable bonds is 9. The van der Waals surface area contributed by atoms with E-state index < -0.39 is 9.68 Å². The minimum atomic E-state index is -0.450. The summed E-state index contributed by atoms with van der Waals surface area (Å²) < 4.78 is 13.5. The highest BCUT2D eigenvalue weighted by Crippen LogP contribution is 2.07. The molecule has 0 saturated heterocycles. The monoisotopic (exact) mass is 231 g/mol. The van der Waals surface area contributed by atoms with Gasteiger partial charge in [0.15, 0.2) is 6.29 Å². The second-order valence-electron chi connectivity index (χ2n) is 3.36. The molecule has 0 saturated carbocycles. The van der Waals surface area contributed by atoms with Gasteiger partial charge >= 0.3 is 0 Å². The Morgan fingerprint density at radius 2 is 1.60 bits per heavy atom. The van der Waals surface area contributed by atoms with Gasteiger partial charge in [-0.3, -0.25) is 0 Å². The van der Waals surface area contributed by atoms with Crippen LogP contribution in [0.4, 0.5) is 0 Å². The van der Waals surface area contributed by atoms with E-state index in [9.17, 15) is 0 Å². The van der Waals surface area contributed by atoms with Gasteiger partial charge in [-0.15, -0.1) is 0 Å². The first-order valence-electron chi connectivity index (χ1n) is 5.82. The molecular weight excluding hydrogens is 206 g/mol.